The van der Waals surface area contributed by atoms with Gasteiger partial charge in [-0.3, -0.25) is 9.59 Å². The predicted molar refractivity (Wildman–Crippen MR) is 91.3 cm³/mol. The van der Waals surface area contributed by atoms with Gasteiger partial charge in [0.25, 0.3) is 5.91 Å². The van der Waals surface area contributed by atoms with Gasteiger partial charge in [-0.2, -0.15) is 0 Å². The molecule has 2 N–H and O–H groups in total. The van der Waals surface area contributed by atoms with Crippen LogP contribution in [0.4, 0.5) is 0 Å². The predicted octanol–water partition coefficient (Wildman–Crippen LogP) is 1.17. The maximum absolute atomic E-state index is 12.3. The van der Waals surface area contributed by atoms with Crippen molar-refractivity contribution in [2.45, 2.75) is 58.1 Å². The molecule has 2 aliphatic rings. The van der Waals surface area contributed by atoms with E-state index in [1.54, 1.807) is 4.90 Å². The van der Waals surface area contributed by atoms with Crippen molar-refractivity contribution in [2.75, 3.05) is 26.3 Å². The van der Waals surface area contributed by atoms with Crippen LogP contribution in [0.2, 0.25) is 0 Å². The molecule has 0 bridgehead atoms. The summed E-state index contributed by atoms with van der Waals surface area (Å²) in [5.74, 6) is 0.874. The monoisotopic (exact) mass is 340 g/mol. The van der Waals surface area contributed by atoms with E-state index in [1.807, 2.05) is 13.8 Å². The van der Waals surface area contributed by atoms with E-state index >= 15 is 0 Å². The molecular formula is C18H32N2O4. The number of rotatable bonds is 10. The molecule has 1 saturated carbocycles. The van der Waals surface area contributed by atoms with Gasteiger partial charge >= 0.3 is 0 Å². The molecule has 1 heterocycles. The highest BCUT2D eigenvalue weighted by molar-refractivity contribution is 5.81. The minimum Gasteiger partial charge on any atom is -0.381 e. The van der Waals surface area contributed by atoms with Crippen molar-refractivity contribution in [3.8, 4) is 0 Å². The third-order valence-electron chi connectivity index (χ3n) is 4.98. The van der Waals surface area contributed by atoms with E-state index in [4.69, 9.17) is 4.74 Å². The van der Waals surface area contributed by atoms with Crippen LogP contribution in [0, 0.1) is 17.8 Å². The van der Waals surface area contributed by atoms with Crippen LogP contribution in [0.3, 0.4) is 0 Å². The van der Waals surface area contributed by atoms with E-state index in [0.717, 1.165) is 45.3 Å². The summed E-state index contributed by atoms with van der Waals surface area (Å²) in [4.78, 5) is 25.6. The third kappa shape index (κ3) is 6.06. The van der Waals surface area contributed by atoms with E-state index in [2.05, 4.69) is 5.32 Å². The minimum absolute atomic E-state index is 0.290. The summed E-state index contributed by atoms with van der Waals surface area (Å²) < 4.78 is 5.37. The first-order chi connectivity index (χ1) is 11.5. The fraction of sp³-hybridized carbons (Fsp3) is 0.889. The van der Waals surface area contributed by atoms with Crippen molar-refractivity contribution in [1.82, 2.24) is 10.2 Å². The van der Waals surface area contributed by atoms with Crippen molar-refractivity contribution < 1.29 is 19.4 Å². The Bertz CT molecular complexity index is 406. The average Bonchev–Trinajstić information content (AvgIpc) is 3.40. The number of ether oxygens (including phenoxy) is 1. The summed E-state index contributed by atoms with van der Waals surface area (Å²) in [5.41, 5.74) is 0. The van der Waals surface area contributed by atoms with Crippen LogP contribution in [0.5, 0.6) is 0 Å². The van der Waals surface area contributed by atoms with Gasteiger partial charge in [0.1, 0.15) is 0 Å². The quantitative estimate of drug-likeness (QED) is 0.585. The fourth-order valence-electron chi connectivity index (χ4n) is 3.26. The van der Waals surface area contributed by atoms with Crippen LogP contribution in [-0.4, -0.2) is 60.8 Å². The van der Waals surface area contributed by atoms with Gasteiger partial charge in [0.2, 0.25) is 6.41 Å². The zero-order chi connectivity index (χ0) is 17.5. The van der Waals surface area contributed by atoms with Gasteiger partial charge in [0, 0.05) is 26.3 Å². The molecule has 0 spiro atoms. The molecule has 2 rings (SSSR count). The molecule has 2 unspecified atom stereocenters. The Morgan fingerprint density at radius 2 is 1.92 bits per heavy atom. The number of carbonyl (C=O) groups is 2. The van der Waals surface area contributed by atoms with E-state index in [-0.39, 0.29) is 11.8 Å². The number of aliphatic hydroxyl groups is 1. The van der Waals surface area contributed by atoms with Gasteiger partial charge in [0.15, 0.2) is 6.10 Å². The molecule has 0 aromatic heterocycles. The Kier molecular flexibility index (Phi) is 7.49. The smallest absolute Gasteiger partial charge is 0.251 e. The fourth-order valence-corrected chi connectivity index (χ4v) is 3.26. The summed E-state index contributed by atoms with van der Waals surface area (Å²) in [5, 5.41) is 13.4. The normalized spacial score (nSPS) is 21.3. The lowest BCUT2D eigenvalue weighted by atomic mass is 9.94. The molecule has 2 amide bonds. The summed E-state index contributed by atoms with van der Waals surface area (Å²) >= 11 is 0. The van der Waals surface area contributed by atoms with Gasteiger partial charge in [-0.1, -0.05) is 13.8 Å². The van der Waals surface area contributed by atoms with Gasteiger partial charge in [-0.25, -0.2) is 0 Å². The highest BCUT2D eigenvalue weighted by Crippen LogP contribution is 2.27. The summed E-state index contributed by atoms with van der Waals surface area (Å²) in [7, 11) is 0. The van der Waals surface area contributed by atoms with Crippen molar-refractivity contribution in [3.63, 3.8) is 0 Å². The van der Waals surface area contributed by atoms with Crippen molar-refractivity contribution in [1.29, 1.82) is 0 Å². The van der Waals surface area contributed by atoms with E-state index < -0.39 is 12.1 Å². The van der Waals surface area contributed by atoms with Gasteiger partial charge in [-0.15, -0.1) is 0 Å². The van der Waals surface area contributed by atoms with Crippen molar-refractivity contribution >= 4 is 12.3 Å². The summed E-state index contributed by atoms with van der Waals surface area (Å²) in [6.45, 7) is 6.73. The second-order valence-electron chi connectivity index (χ2n) is 7.69. The first-order valence-electron chi connectivity index (χ1n) is 9.25. The standard InChI is InChI=1S/C18H32N2O4/c1-13(2)9-16(17(22)18(23)19-10-14-3-4-14)20(12-21)11-15-5-7-24-8-6-15/h12-17,22H,3-11H2,1-2H3,(H,19,23). The van der Waals surface area contributed by atoms with Crippen LogP contribution < -0.4 is 5.32 Å². The van der Waals surface area contributed by atoms with Gasteiger partial charge < -0.3 is 20.1 Å². The number of aliphatic hydroxyl groups excluding tert-OH is 1. The molecule has 0 radical (unpaired) electrons. The average molecular weight is 340 g/mol. The topological polar surface area (TPSA) is 78.9 Å². The zero-order valence-corrected chi connectivity index (χ0v) is 14.9. The van der Waals surface area contributed by atoms with Crippen molar-refractivity contribution in [3.05, 3.63) is 0 Å². The lowest BCUT2D eigenvalue weighted by molar-refractivity contribution is -0.137. The maximum atomic E-state index is 12.3. The number of hydrogen-bond acceptors (Lipinski definition) is 4. The Morgan fingerprint density at radius 1 is 1.25 bits per heavy atom. The number of hydrogen-bond donors (Lipinski definition) is 2. The lowest BCUT2D eigenvalue weighted by Gasteiger charge is -2.36. The second kappa shape index (κ2) is 9.37. The SMILES string of the molecule is CC(C)CC(C(O)C(=O)NCC1CC1)N(C=O)CC1CCOCC1. The van der Waals surface area contributed by atoms with Gasteiger partial charge in [0.05, 0.1) is 6.04 Å². The maximum Gasteiger partial charge on any atom is 0.251 e. The van der Waals surface area contributed by atoms with Crippen LogP contribution in [0.15, 0.2) is 0 Å². The first-order valence-corrected chi connectivity index (χ1v) is 9.25. The third-order valence-corrected chi connectivity index (χ3v) is 4.98. The Hall–Kier alpha value is -1.14. The molecule has 138 valence electrons. The lowest BCUT2D eigenvalue weighted by Crippen LogP contribution is -2.52. The highest BCUT2D eigenvalue weighted by atomic mass is 16.5. The zero-order valence-electron chi connectivity index (χ0n) is 14.9. The number of carbonyl (C=O) groups excluding carboxylic acids is 2. The molecule has 1 aliphatic heterocycles. The molecular weight excluding hydrogens is 308 g/mol. The van der Waals surface area contributed by atoms with Crippen LogP contribution in [0.1, 0.15) is 46.0 Å². The molecule has 6 heteroatoms. The number of nitrogens with zero attached hydrogens (tertiary/aromatic N) is 1. The first kappa shape index (κ1) is 19.2. The van der Waals surface area contributed by atoms with Gasteiger partial charge in [-0.05, 0) is 49.9 Å². The minimum atomic E-state index is -1.17. The Morgan fingerprint density at radius 3 is 2.46 bits per heavy atom. The number of amides is 2. The molecule has 6 nitrogen and oxygen atoms in total. The largest absolute Gasteiger partial charge is 0.381 e. The van der Waals surface area contributed by atoms with Crippen molar-refractivity contribution in [2.24, 2.45) is 17.8 Å². The highest BCUT2D eigenvalue weighted by Gasteiger charge is 2.33. The molecule has 1 aliphatic carbocycles. The number of nitrogens with one attached hydrogen (secondary N) is 1. The molecule has 1 saturated heterocycles. The van der Waals surface area contributed by atoms with Crippen LogP contribution >= 0.6 is 0 Å². The van der Waals surface area contributed by atoms with E-state index in [1.165, 1.54) is 0 Å². The van der Waals surface area contributed by atoms with Crippen LogP contribution in [0.25, 0.3) is 0 Å². The molecule has 2 atom stereocenters. The molecule has 24 heavy (non-hydrogen) atoms. The van der Waals surface area contributed by atoms with E-state index in [9.17, 15) is 14.7 Å². The Labute approximate surface area is 144 Å². The molecule has 2 fully saturated rings. The molecule has 0 aromatic carbocycles. The van der Waals surface area contributed by atoms with Crippen LogP contribution in [-0.2, 0) is 14.3 Å². The summed E-state index contributed by atoms with van der Waals surface area (Å²) in [6.07, 6.45) is 4.37. The van der Waals surface area contributed by atoms with E-state index in [0.29, 0.717) is 31.3 Å². The second-order valence-corrected chi connectivity index (χ2v) is 7.69. The molecule has 0 aromatic rings. The summed E-state index contributed by atoms with van der Waals surface area (Å²) in [6, 6.07) is -0.468. The Balaban J connectivity index is 1.96.